The summed E-state index contributed by atoms with van der Waals surface area (Å²) in [6.07, 6.45) is 0.594. The molecule has 0 aromatic heterocycles. The van der Waals surface area contributed by atoms with Gasteiger partial charge in [0.2, 0.25) is 0 Å². The highest BCUT2D eigenvalue weighted by atomic mass is 79.9. The molecule has 0 saturated carbocycles. The average Bonchev–Trinajstić information content (AvgIpc) is 2.41. The Labute approximate surface area is 131 Å². The molecule has 20 heavy (non-hydrogen) atoms. The maximum Gasteiger partial charge on any atom is 0.124 e. The summed E-state index contributed by atoms with van der Waals surface area (Å²) in [4.78, 5) is 0. The molecule has 0 spiro atoms. The molecule has 0 bridgehead atoms. The van der Waals surface area contributed by atoms with Crippen LogP contribution in [0.15, 0.2) is 40.9 Å². The van der Waals surface area contributed by atoms with Gasteiger partial charge < -0.3 is 0 Å². The van der Waals surface area contributed by atoms with Crippen molar-refractivity contribution >= 4 is 27.5 Å². The van der Waals surface area contributed by atoms with E-state index in [1.807, 2.05) is 19.1 Å². The number of benzene rings is 2. The molecule has 0 fully saturated rings. The van der Waals surface area contributed by atoms with Crippen molar-refractivity contribution in [2.75, 3.05) is 0 Å². The van der Waals surface area contributed by atoms with Crippen LogP contribution in [0.25, 0.3) is 0 Å². The largest absolute Gasteiger partial charge is 0.271 e. The van der Waals surface area contributed by atoms with Crippen molar-refractivity contribution in [3.63, 3.8) is 0 Å². The van der Waals surface area contributed by atoms with Gasteiger partial charge in [-0.15, -0.1) is 0 Å². The first-order valence-corrected chi connectivity index (χ1v) is 7.34. The third-order valence-corrected chi connectivity index (χ3v) is 4.47. The molecule has 2 rings (SSSR count). The molecule has 0 heterocycles. The van der Waals surface area contributed by atoms with E-state index in [1.165, 1.54) is 12.1 Å². The van der Waals surface area contributed by atoms with Crippen LogP contribution < -0.4 is 11.3 Å². The summed E-state index contributed by atoms with van der Waals surface area (Å²) in [5.74, 6) is 5.30. The van der Waals surface area contributed by atoms with E-state index in [9.17, 15) is 4.39 Å². The third-order valence-electron chi connectivity index (χ3n) is 3.22. The van der Waals surface area contributed by atoms with Crippen LogP contribution in [0.5, 0.6) is 0 Å². The van der Waals surface area contributed by atoms with Crippen LogP contribution in [-0.4, -0.2) is 0 Å². The number of aryl methyl sites for hydroxylation is 1. The molecule has 0 aliphatic heterocycles. The summed E-state index contributed by atoms with van der Waals surface area (Å²) in [5.41, 5.74) is 5.84. The number of nitrogens with one attached hydrogen (secondary N) is 1. The first-order chi connectivity index (χ1) is 9.51. The van der Waals surface area contributed by atoms with E-state index in [4.69, 9.17) is 17.4 Å². The Balaban J connectivity index is 2.26. The number of hydrazine groups is 1. The molecule has 5 heteroatoms. The molecular weight excluding hydrogens is 343 g/mol. The van der Waals surface area contributed by atoms with Gasteiger partial charge in [-0.1, -0.05) is 45.7 Å². The van der Waals surface area contributed by atoms with E-state index in [0.717, 1.165) is 21.2 Å². The minimum atomic E-state index is -0.338. The Morgan fingerprint density at radius 1 is 1.30 bits per heavy atom. The highest BCUT2D eigenvalue weighted by molar-refractivity contribution is 9.10. The van der Waals surface area contributed by atoms with E-state index in [-0.39, 0.29) is 11.9 Å². The second-order valence-corrected chi connectivity index (χ2v) is 5.93. The molecule has 2 nitrogen and oxygen atoms in total. The zero-order valence-corrected chi connectivity index (χ0v) is 13.3. The monoisotopic (exact) mass is 356 g/mol. The van der Waals surface area contributed by atoms with Gasteiger partial charge in [-0.3, -0.25) is 11.3 Å². The highest BCUT2D eigenvalue weighted by Crippen LogP contribution is 2.26. The Morgan fingerprint density at radius 3 is 2.65 bits per heavy atom. The van der Waals surface area contributed by atoms with Gasteiger partial charge in [0.15, 0.2) is 0 Å². The molecule has 1 unspecified atom stereocenters. The number of halogens is 3. The molecule has 0 saturated heterocycles. The first kappa shape index (κ1) is 15.4. The molecule has 0 aliphatic carbocycles. The fourth-order valence-corrected chi connectivity index (χ4v) is 2.56. The van der Waals surface area contributed by atoms with E-state index in [2.05, 4.69) is 27.4 Å². The smallest absolute Gasteiger partial charge is 0.124 e. The van der Waals surface area contributed by atoms with Crippen molar-refractivity contribution in [2.45, 2.75) is 19.4 Å². The Bertz CT molecular complexity index is 619. The first-order valence-electron chi connectivity index (χ1n) is 6.17. The van der Waals surface area contributed by atoms with Crippen LogP contribution in [0.4, 0.5) is 4.39 Å². The Morgan fingerprint density at radius 2 is 2.05 bits per heavy atom. The predicted octanol–water partition coefficient (Wildman–Crippen LogP) is 4.30. The number of hydrogen-bond donors (Lipinski definition) is 2. The van der Waals surface area contributed by atoms with E-state index in [1.54, 1.807) is 6.07 Å². The van der Waals surface area contributed by atoms with Gasteiger partial charge in [0.1, 0.15) is 5.82 Å². The summed E-state index contributed by atoms with van der Waals surface area (Å²) in [5, 5.41) is 0.416. The van der Waals surface area contributed by atoms with Gasteiger partial charge in [0.05, 0.1) is 6.04 Å². The highest BCUT2D eigenvalue weighted by Gasteiger charge is 2.13. The van der Waals surface area contributed by atoms with Crippen LogP contribution >= 0.6 is 27.5 Å². The summed E-state index contributed by atoms with van der Waals surface area (Å²) in [7, 11) is 0. The normalized spacial score (nSPS) is 12.4. The summed E-state index contributed by atoms with van der Waals surface area (Å²) in [6, 6.07) is 10.4. The molecule has 0 aliphatic rings. The lowest BCUT2D eigenvalue weighted by atomic mass is 9.98. The van der Waals surface area contributed by atoms with Gasteiger partial charge in [0, 0.05) is 9.50 Å². The molecular formula is C15H15BrClFN2. The molecule has 0 amide bonds. The lowest BCUT2D eigenvalue weighted by Crippen LogP contribution is -2.29. The second-order valence-electron chi connectivity index (χ2n) is 4.67. The van der Waals surface area contributed by atoms with E-state index >= 15 is 0 Å². The zero-order valence-electron chi connectivity index (χ0n) is 11.0. The van der Waals surface area contributed by atoms with Crippen molar-refractivity contribution in [3.8, 4) is 0 Å². The maximum absolute atomic E-state index is 13.1. The van der Waals surface area contributed by atoms with Crippen LogP contribution in [0.3, 0.4) is 0 Å². The molecule has 3 N–H and O–H groups in total. The van der Waals surface area contributed by atoms with Crippen molar-refractivity contribution in [2.24, 2.45) is 5.84 Å². The Hall–Kier alpha value is -0.940. The lowest BCUT2D eigenvalue weighted by molar-refractivity contribution is 0.550. The summed E-state index contributed by atoms with van der Waals surface area (Å²) >= 11 is 9.53. The topological polar surface area (TPSA) is 38.0 Å². The van der Waals surface area contributed by atoms with Crippen LogP contribution in [0, 0.1) is 12.7 Å². The summed E-state index contributed by atoms with van der Waals surface area (Å²) in [6.45, 7) is 2.02. The van der Waals surface area contributed by atoms with Gasteiger partial charge in [-0.05, 0) is 48.2 Å². The van der Waals surface area contributed by atoms with Crippen molar-refractivity contribution in [1.82, 2.24) is 5.43 Å². The van der Waals surface area contributed by atoms with Gasteiger partial charge in [0.25, 0.3) is 0 Å². The fraction of sp³-hybridized carbons (Fsp3) is 0.200. The van der Waals surface area contributed by atoms with Crippen molar-refractivity contribution < 1.29 is 4.39 Å². The zero-order chi connectivity index (χ0) is 14.7. The van der Waals surface area contributed by atoms with Gasteiger partial charge >= 0.3 is 0 Å². The van der Waals surface area contributed by atoms with Gasteiger partial charge in [-0.2, -0.15) is 0 Å². The lowest BCUT2D eigenvalue weighted by Gasteiger charge is -2.18. The molecule has 2 aromatic carbocycles. The third kappa shape index (κ3) is 3.58. The fourth-order valence-electron chi connectivity index (χ4n) is 2.06. The van der Waals surface area contributed by atoms with Crippen LogP contribution in [0.1, 0.15) is 22.7 Å². The predicted molar refractivity (Wildman–Crippen MR) is 84.1 cm³/mol. The number of rotatable bonds is 4. The molecule has 106 valence electrons. The van der Waals surface area contributed by atoms with Crippen molar-refractivity contribution in [3.05, 3.63) is 68.4 Å². The second kappa shape index (κ2) is 6.68. The Kier molecular flexibility index (Phi) is 5.16. The van der Waals surface area contributed by atoms with Crippen molar-refractivity contribution in [1.29, 1.82) is 0 Å². The molecule has 2 aromatic rings. The quantitative estimate of drug-likeness (QED) is 0.632. The SMILES string of the molecule is Cc1cc(C(Cc2ccc(F)cc2Cl)NN)ccc1Br. The number of hydrogen-bond acceptors (Lipinski definition) is 2. The van der Waals surface area contributed by atoms with Gasteiger partial charge in [-0.25, -0.2) is 4.39 Å². The maximum atomic E-state index is 13.1. The minimum Gasteiger partial charge on any atom is -0.271 e. The van der Waals surface area contributed by atoms with E-state index < -0.39 is 0 Å². The van der Waals surface area contributed by atoms with Crippen LogP contribution in [0.2, 0.25) is 5.02 Å². The average molecular weight is 358 g/mol. The van der Waals surface area contributed by atoms with Crippen LogP contribution in [-0.2, 0) is 6.42 Å². The molecule has 0 radical (unpaired) electrons. The number of nitrogens with two attached hydrogens (primary N) is 1. The summed E-state index contributed by atoms with van der Waals surface area (Å²) < 4.78 is 14.1. The standard InChI is InChI=1S/C15H15BrClFN2/c1-9-6-11(3-5-13(9)16)15(20-19)7-10-2-4-12(18)8-14(10)17/h2-6,8,15,20H,7,19H2,1H3. The van der Waals surface area contributed by atoms with E-state index in [0.29, 0.717) is 11.4 Å². The molecule has 1 atom stereocenters. The minimum absolute atomic E-state index is 0.0789.